The van der Waals surface area contributed by atoms with Crippen LogP contribution in [0.3, 0.4) is 0 Å². The Labute approximate surface area is 114 Å². The van der Waals surface area contributed by atoms with Crippen molar-refractivity contribution in [2.45, 2.75) is 6.54 Å². The molecule has 0 unspecified atom stereocenters. The van der Waals surface area contributed by atoms with E-state index in [1.807, 2.05) is 7.05 Å². The molecule has 1 aliphatic rings. The number of halogens is 1. The number of para-hydroxylation sites is 1. The van der Waals surface area contributed by atoms with Crippen LogP contribution in [-0.2, 0) is 18.4 Å². The summed E-state index contributed by atoms with van der Waals surface area (Å²) in [5.41, 5.74) is 0.828. The maximum atomic E-state index is 12.0. The van der Waals surface area contributed by atoms with Gasteiger partial charge in [0.25, 0.3) is 11.7 Å². The minimum absolute atomic E-state index is 0.227. The molecule has 3 rings (SSSR count). The van der Waals surface area contributed by atoms with Crippen molar-refractivity contribution in [2.24, 2.45) is 7.05 Å². The first-order chi connectivity index (χ1) is 9.09. The standard InChI is InChI=1S/C13H10ClN3O2/c1-16-6-5-15-10(16)7-17-11-8(12(18)13(17)19)3-2-4-9(11)14/h2-6H,7H2,1H3. The first-order valence-electron chi connectivity index (χ1n) is 5.70. The molecule has 1 aromatic heterocycles. The van der Waals surface area contributed by atoms with E-state index < -0.39 is 11.7 Å². The van der Waals surface area contributed by atoms with E-state index in [9.17, 15) is 9.59 Å². The van der Waals surface area contributed by atoms with Crippen molar-refractivity contribution < 1.29 is 9.59 Å². The van der Waals surface area contributed by atoms with Crippen LogP contribution in [0.15, 0.2) is 30.6 Å². The van der Waals surface area contributed by atoms with Gasteiger partial charge in [0.2, 0.25) is 0 Å². The van der Waals surface area contributed by atoms with Gasteiger partial charge in [-0.25, -0.2) is 4.98 Å². The smallest absolute Gasteiger partial charge is 0.299 e. The zero-order valence-corrected chi connectivity index (χ0v) is 10.9. The van der Waals surface area contributed by atoms with Crippen molar-refractivity contribution >= 4 is 29.0 Å². The lowest BCUT2D eigenvalue weighted by Crippen LogP contribution is -2.30. The molecule has 0 atom stereocenters. The maximum Gasteiger partial charge on any atom is 0.299 e. The van der Waals surface area contributed by atoms with Crippen LogP contribution in [0.4, 0.5) is 5.69 Å². The number of rotatable bonds is 2. The van der Waals surface area contributed by atoms with E-state index in [2.05, 4.69) is 4.98 Å². The van der Waals surface area contributed by atoms with Crippen molar-refractivity contribution in [1.82, 2.24) is 9.55 Å². The van der Waals surface area contributed by atoms with Crippen LogP contribution >= 0.6 is 11.6 Å². The second kappa shape index (κ2) is 4.20. The van der Waals surface area contributed by atoms with E-state index in [0.717, 1.165) is 0 Å². The van der Waals surface area contributed by atoms with Gasteiger partial charge in [0.1, 0.15) is 5.82 Å². The monoisotopic (exact) mass is 275 g/mol. The molecule has 0 saturated heterocycles. The number of amides is 1. The first-order valence-corrected chi connectivity index (χ1v) is 6.08. The number of imidazole rings is 1. The largest absolute Gasteiger partial charge is 0.337 e. The molecule has 0 saturated carbocycles. The molecule has 1 aliphatic heterocycles. The molecule has 1 amide bonds. The van der Waals surface area contributed by atoms with Crippen molar-refractivity contribution in [3.8, 4) is 0 Å². The fourth-order valence-corrected chi connectivity index (χ4v) is 2.43. The second-order valence-electron chi connectivity index (χ2n) is 4.31. The molecule has 0 N–H and O–H groups in total. The van der Waals surface area contributed by atoms with E-state index in [-0.39, 0.29) is 6.54 Å². The summed E-state index contributed by atoms with van der Waals surface area (Å²) in [6.07, 6.45) is 3.43. The summed E-state index contributed by atoms with van der Waals surface area (Å²) in [5, 5.41) is 0.394. The Hall–Kier alpha value is -2.14. The fraction of sp³-hybridized carbons (Fsp3) is 0.154. The number of carbonyl (C=O) groups excluding carboxylic acids is 2. The maximum absolute atomic E-state index is 12.0. The van der Waals surface area contributed by atoms with Crippen LogP contribution in [0.5, 0.6) is 0 Å². The summed E-state index contributed by atoms with van der Waals surface area (Å²) in [6.45, 7) is 0.227. The summed E-state index contributed by atoms with van der Waals surface area (Å²) in [7, 11) is 1.83. The number of nitrogens with zero attached hydrogens (tertiary/aromatic N) is 3. The zero-order valence-electron chi connectivity index (χ0n) is 10.1. The highest BCUT2D eigenvalue weighted by Crippen LogP contribution is 2.36. The number of anilines is 1. The van der Waals surface area contributed by atoms with Gasteiger partial charge in [0, 0.05) is 19.4 Å². The molecule has 2 aromatic rings. The van der Waals surface area contributed by atoms with Gasteiger partial charge in [-0.05, 0) is 12.1 Å². The van der Waals surface area contributed by atoms with Gasteiger partial charge in [0.05, 0.1) is 22.8 Å². The van der Waals surface area contributed by atoms with Gasteiger partial charge in [-0.15, -0.1) is 0 Å². The minimum atomic E-state index is -0.564. The summed E-state index contributed by atoms with van der Waals surface area (Å²) < 4.78 is 1.80. The van der Waals surface area contributed by atoms with Gasteiger partial charge in [-0.1, -0.05) is 17.7 Å². The van der Waals surface area contributed by atoms with Crippen LogP contribution < -0.4 is 4.90 Å². The molecule has 5 nitrogen and oxygen atoms in total. The summed E-state index contributed by atoms with van der Waals surface area (Å²) in [5.74, 6) is -0.397. The number of benzene rings is 1. The van der Waals surface area contributed by atoms with E-state index in [4.69, 9.17) is 11.6 Å². The predicted molar refractivity (Wildman–Crippen MR) is 70.2 cm³/mol. The van der Waals surface area contributed by atoms with Gasteiger partial charge < -0.3 is 4.57 Å². The molecule has 0 bridgehead atoms. The average molecular weight is 276 g/mol. The third kappa shape index (κ3) is 1.74. The van der Waals surface area contributed by atoms with Gasteiger partial charge >= 0.3 is 0 Å². The Morgan fingerprint density at radius 3 is 2.79 bits per heavy atom. The molecule has 1 aromatic carbocycles. The summed E-state index contributed by atoms with van der Waals surface area (Å²) in [4.78, 5) is 29.5. The quantitative estimate of drug-likeness (QED) is 0.786. The van der Waals surface area contributed by atoms with Gasteiger partial charge in [-0.2, -0.15) is 0 Å². The number of ketones is 1. The third-order valence-corrected chi connectivity index (χ3v) is 3.47. The number of fused-ring (bicyclic) bond motifs is 1. The molecule has 2 heterocycles. The fourth-order valence-electron chi connectivity index (χ4n) is 2.15. The molecule has 0 radical (unpaired) electrons. The van der Waals surface area contributed by atoms with E-state index in [0.29, 0.717) is 22.1 Å². The van der Waals surface area contributed by atoms with Gasteiger partial charge in [0.15, 0.2) is 0 Å². The highest BCUT2D eigenvalue weighted by atomic mass is 35.5. The zero-order chi connectivity index (χ0) is 13.6. The van der Waals surface area contributed by atoms with Crippen molar-refractivity contribution in [3.05, 3.63) is 47.0 Å². The van der Waals surface area contributed by atoms with Crippen molar-refractivity contribution in [3.63, 3.8) is 0 Å². The predicted octanol–water partition coefficient (Wildman–Crippen LogP) is 1.80. The van der Waals surface area contributed by atoms with Crippen LogP contribution in [0.1, 0.15) is 16.2 Å². The number of hydrogen-bond donors (Lipinski definition) is 0. The Morgan fingerprint density at radius 2 is 2.11 bits per heavy atom. The minimum Gasteiger partial charge on any atom is -0.337 e. The molecular formula is C13H10ClN3O2. The number of aromatic nitrogens is 2. The third-order valence-electron chi connectivity index (χ3n) is 3.16. The number of Topliss-reactive ketones (excluding diaryl/α,β-unsaturated/α-hetero) is 1. The molecule has 19 heavy (non-hydrogen) atoms. The van der Waals surface area contributed by atoms with E-state index in [1.165, 1.54) is 4.90 Å². The Morgan fingerprint density at radius 1 is 1.32 bits per heavy atom. The number of carbonyl (C=O) groups is 2. The average Bonchev–Trinajstić information content (AvgIpc) is 2.89. The van der Waals surface area contributed by atoms with Gasteiger partial charge in [-0.3, -0.25) is 14.5 Å². The second-order valence-corrected chi connectivity index (χ2v) is 4.72. The Balaban J connectivity index is 2.07. The first kappa shape index (κ1) is 11.9. The lowest BCUT2D eigenvalue weighted by atomic mass is 10.1. The van der Waals surface area contributed by atoms with Crippen molar-refractivity contribution in [2.75, 3.05) is 4.90 Å². The molecular weight excluding hydrogens is 266 g/mol. The summed E-state index contributed by atoms with van der Waals surface area (Å²) >= 11 is 6.10. The van der Waals surface area contributed by atoms with Crippen LogP contribution in [0, 0.1) is 0 Å². The number of aryl methyl sites for hydroxylation is 1. The van der Waals surface area contributed by atoms with Crippen LogP contribution in [-0.4, -0.2) is 21.2 Å². The Kier molecular flexibility index (Phi) is 2.64. The highest BCUT2D eigenvalue weighted by Gasteiger charge is 2.37. The van der Waals surface area contributed by atoms with E-state index >= 15 is 0 Å². The van der Waals surface area contributed by atoms with Crippen LogP contribution in [0.2, 0.25) is 5.02 Å². The van der Waals surface area contributed by atoms with Crippen LogP contribution in [0.25, 0.3) is 0 Å². The summed E-state index contributed by atoms with van der Waals surface area (Å²) in [6, 6.07) is 4.94. The number of hydrogen-bond acceptors (Lipinski definition) is 3. The van der Waals surface area contributed by atoms with Crippen molar-refractivity contribution in [1.29, 1.82) is 0 Å². The topological polar surface area (TPSA) is 55.2 Å². The lowest BCUT2D eigenvalue weighted by Gasteiger charge is -2.17. The molecule has 6 heteroatoms. The Bertz CT molecular complexity index is 693. The van der Waals surface area contributed by atoms with E-state index in [1.54, 1.807) is 35.2 Å². The highest BCUT2D eigenvalue weighted by molar-refractivity contribution is 6.54. The SMILES string of the molecule is Cn1ccnc1CN1C(=O)C(=O)c2cccc(Cl)c21. The lowest BCUT2D eigenvalue weighted by molar-refractivity contribution is -0.114. The molecule has 96 valence electrons. The molecule has 0 spiro atoms. The normalized spacial score (nSPS) is 14.1. The molecule has 0 fully saturated rings. The molecule has 0 aliphatic carbocycles.